The number of carbonyl (C=O) groups is 1. The van der Waals surface area contributed by atoms with Gasteiger partial charge in [-0.2, -0.15) is 0 Å². The molecule has 24 heavy (non-hydrogen) atoms. The number of nitrogens with two attached hydrogens (primary N) is 1. The van der Waals surface area contributed by atoms with E-state index >= 15 is 0 Å². The van der Waals surface area contributed by atoms with Crippen molar-refractivity contribution in [1.29, 1.82) is 0 Å². The number of aromatic nitrogens is 1. The summed E-state index contributed by atoms with van der Waals surface area (Å²) in [5.41, 5.74) is 7.38. The topological polar surface area (TPSA) is 69.3 Å². The van der Waals surface area contributed by atoms with E-state index in [1.165, 1.54) is 5.39 Å². The van der Waals surface area contributed by atoms with E-state index in [0.29, 0.717) is 12.6 Å². The molecular formula is C19H29N3O2. The third-order valence-corrected chi connectivity index (χ3v) is 3.91. The smallest absolute Gasteiger partial charge is 0.407 e. The second-order valence-electron chi connectivity index (χ2n) is 7.20. The summed E-state index contributed by atoms with van der Waals surface area (Å²) < 4.78 is 7.55. The highest BCUT2D eigenvalue weighted by Gasteiger charge is 2.17. The van der Waals surface area contributed by atoms with Gasteiger partial charge in [-0.3, -0.25) is 0 Å². The number of alkyl carbamates (subject to hydrolysis) is 1. The van der Waals surface area contributed by atoms with E-state index in [2.05, 4.69) is 29.1 Å². The van der Waals surface area contributed by atoms with Gasteiger partial charge in [0.1, 0.15) is 5.60 Å². The molecule has 1 aromatic heterocycles. The predicted molar refractivity (Wildman–Crippen MR) is 99.1 cm³/mol. The van der Waals surface area contributed by atoms with E-state index in [1.807, 2.05) is 39.0 Å². The number of nitrogens with zero attached hydrogens (tertiary/aromatic N) is 1. The number of carbonyl (C=O) groups excluding carboxylic acids is 1. The fourth-order valence-electron chi connectivity index (χ4n) is 2.90. The van der Waals surface area contributed by atoms with Crippen molar-refractivity contribution in [2.45, 2.75) is 58.6 Å². The molecule has 0 saturated heterocycles. The third kappa shape index (κ3) is 4.91. The molecule has 0 aliphatic carbocycles. The highest BCUT2D eigenvalue weighted by atomic mass is 16.6. The number of benzene rings is 1. The van der Waals surface area contributed by atoms with E-state index < -0.39 is 5.60 Å². The van der Waals surface area contributed by atoms with Gasteiger partial charge in [-0.25, -0.2) is 4.79 Å². The Bertz CT molecular complexity index is 685. The highest BCUT2D eigenvalue weighted by Crippen LogP contribution is 2.26. The number of nitrogen functional groups attached to an aromatic ring is 1. The number of anilines is 1. The standard InChI is InChI=1S/C19H29N3O2/c1-5-6-16(9-11-21-18(23)24-19(2,3)4)22-12-10-14-7-8-15(20)13-17(14)22/h7-8,10,12-13,16H,5-6,9,11,20H2,1-4H3,(H,21,23). The minimum Gasteiger partial charge on any atom is -0.444 e. The van der Waals surface area contributed by atoms with Crippen molar-refractivity contribution in [2.24, 2.45) is 0 Å². The van der Waals surface area contributed by atoms with Crippen LogP contribution in [0.3, 0.4) is 0 Å². The molecule has 1 amide bonds. The molecule has 1 atom stereocenters. The minimum absolute atomic E-state index is 0.323. The average molecular weight is 331 g/mol. The average Bonchev–Trinajstić information content (AvgIpc) is 2.87. The maximum atomic E-state index is 11.8. The van der Waals surface area contributed by atoms with E-state index in [1.54, 1.807) is 0 Å². The van der Waals surface area contributed by atoms with Gasteiger partial charge in [0.15, 0.2) is 0 Å². The quantitative estimate of drug-likeness (QED) is 0.767. The summed E-state index contributed by atoms with van der Waals surface area (Å²) in [6.45, 7) is 8.35. The Labute approximate surface area is 144 Å². The Balaban J connectivity index is 2.03. The van der Waals surface area contributed by atoms with Crippen LogP contribution in [0.2, 0.25) is 0 Å². The molecule has 0 bridgehead atoms. The number of rotatable bonds is 6. The number of fused-ring (bicyclic) bond motifs is 1. The number of hydrogen-bond donors (Lipinski definition) is 2. The minimum atomic E-state index is -0.471. The van der Waals surface area contributed by atoms with E-state index in [4.69, 9.17) is 10.5 Å². The molecule has 1 heterocycles. The van der Waals surface area contributed by atoms with Crippen LogP contribution in [0.15, 0.2) is 30.5 Å². The van der Waals surface area contributed by atoms with Gasteiger partial charge in [0, 0.05) is 24.5 Å². The monoisotopic (exact) mass is 331 g/mol. The molecule has 2 rings (SSSR count). The zero-order valence-electron chi connectivity index (χ0n) is 15.1. The first kappa shape index (κ1) is 18.2. The summed E-state index contributed by atoms with van der Waals surface area (Å²) in [7, 11) is 0. The van der Waals surface area contributed by atoms with Gasteiger partial charge in [-0.1, -0.05) is 19.4 Å². The third-order valence-electron chi connectivity index (χ3n) is 3.91. The molecule has 0 radical (unpaired) electrons. The fourth-order valence-corrected chi connectivity index (χ4v) is 2.90. The van der Waals surface area contributed by atoms with Gasteiger partial charge in [0.05, 0.1) is 5.52 Å². The largest absolute Gasteiger partial charge is 0.444 e. The summed E-state index contributed by atoms with van der Waals surface area (Å²) in [5.74, 6) is 0. The van der Waals surface area contributed by atoms with Gasteiger partial charge in [0.2, 0.25) is 0 Å². The van der Waals surface area contributed by atoms with Crippen LogP contribution in [0.25, 0.3) is 10.9 Å². The number of amides is 1. The fraction of sp³-hybridized carbons (Fsp3) is 0.526. The van der Waals surface area contributed by atoms with Gasteiger partial charge in [-0.15, -0.1) is 0 Å². The lowest BCUT2D eigenvalue weighted by molar-refractivity contribution is 0.0525. The van der Waals surface area contributed by atoms with Crippen LogP contribution in [0.1, 0.15) is 53.0 Å². The molecule has 0 fully saturated rings. The normalized spacial score (nSPS) is 13.0. The molecule has 1 unspecified atom stereocenters. The predicted octanol–water partition coefficient (Wildman–Crippen LogP) is 4.48. The van der Waals surface area contributed by atoms with Crippen LogP contribution < -0.4 is 11.1 Å². The molecule has 1 aromatic carbocycles. The van der Waals surface area contributed by atoms with E-state index in [0.717, 1.165) is 30.5 Å². The SMILES string of the molecule is CCCC(CCNC(=O)OC(C)(C)C)n1ccc2ccc(N)cc21. The summed E-state index contributed by atoms with van der Waals surface area (Å²) in [6, 6.07) is 8.41. The summed E-state index contributed by atoms with van der Waals surface area (Å²) >= 11 is 0. The molecular weight excluding hydrogens is 302 g/mol. The van der Waals surface area contributed by atoms with Crippen LogP contribution in [-0.2, 0) is 4.74 Å². The lowest BCUT2D eigenvalue weighted by atomic mass is 10.1. The van der Waals surface area contributed by atoms with E-state index in [-0.39, 0.29) is 6.09 Å². The maximum absolute atomic E-state index is 11.8. The molecule has 3 N–H and O–H groups in total. The Morgan fingerprint density at radius 2 is 2.04 bits per heavy atom. The first-order valence-corrected chi connectivity index (χ1v) is 8.63. The van der Waals surface area contributed by atoms with Crippen LogP contribution in [0.5, 0.6) is 0 Å². The van der Waals surface area contributed by atoms with Crippen LogP contribution in [-0.4, -0.2) is 22.8 Å². The maximum Gasteiger partial charge on any atom is 0.407 e. The van der Waals surface area contributed by atoms with E-state index in [9.17, 15) is 4.79 Å². The summed E-state index contributed by atoms with van der Waals surface area (Å²) in [5, 5.41) is 4.04. The van der Waals surface area contributed by atoms with Gasteiger partial charge in [-0.05, 0) is 57.2 Å². The van der Waals surface area contributed by atoms with Crippen molar-refractivity contribution in [3.8, 4) is 0 Å². The van der Waals surface area contributed by atoms with Crippen LogP contribution >= 0.6 is 0 Å². The molecule has 5 heteroatoms. The molecule has 0 aliphatic rings. The van der Waals surface area contributed by atoms with Gasteiger partial charge in [0.25, 0.3) is 0 Å². The first-order chi connectivity index (χ1) is 11.3. The van der Waals surface area contributed by atoms with Crippen molar-refractivity contribution >= 4 is 22.7 Å². The second-order valence-corrected chi connectivity index (χ2v) is 7.20. The molecule has 132 valence electrons. The zero-order chi connectivity index (χ0) is 17.7. The Hall–Kier alpha value is -2.17. The highest BCUT2D eigenvalue weighted by molar-refractivity contribution is 5.83. The Morgan fingerprint density at radius 3 is 2.71 bits per heavy atom. The molecule has 2 aromatic rings. The second kappa shape index (κ2) is 7.60. The number of nitrogens with one attached hydrogen (secondary N) is 1. The van der Waals surface area contributed by atoms with Crippen molar-refractivity contribution in [2.75, 3.05) is 12.3 Å². The number of hydrogen-bond acceptors (Lipinski definition) is 3. The molecule has 0 saturated carbocycles. The summed E-state index contributed by atoms with van der Waals surface area (Å²) in [6.07, 6.45) is 4.73. The van der Waals surface area contributed by atoms with Crippen molar-refractivity contribution in [1.82, 2.24) is 9.88 Å². The van der Waals surface area contributed by atoms with Crippen LogP contribution in [0.4, 0.5) is 10.5 Å². The summed E-state index contributed by atoms with van der Waals surface area (Å²) in [4.78, 5) is 11.8. The zero-order valence-corrected chi connectivity index (χ0v) is 15.1. The van der Waals surface area contributed by atoms with Gasteiger partial charge >= 0.3 is 6.09 Å². The lowest BCUT2D eigenvalue weighted by Crippen LogP contribution is -2.33. The molecule has 5 nitrogen and oxygen atoms in total. The van der Waals surface area contributed by atoms with Crippen molar-refractivity contribution in [3.05, 3.63) is 30.5 Å². The molecule has 0 spiro atoms. The van der Waals surface area contributed by atoms with Crippen LogP contribution in [0, 0.1) is 0 Å². The lowest BCUT2D eigenvalue weighted by Gasteiger charge is -2.22. The van der Waals surface area contributed by atoms with Crippen molar-refractivity contribution in [3.63, 3.8) is 0 Å². The Morgan fingerprint density at radius 1 is 1.29 bits per heavy atom. The molecule has 0 aliphatic heterocycles. The van der Waals surface area contributed by atoms with Gasteiger partial charge < -0.3 is 20.4 Å². The Kier molecular flexibility index (Phi) is 5.75. The van der Waals surface area contributed by atoms with Crippen molar-refractivity contribution < 1.29 is 9.53 Å². The first-order valence-electron chi connectivity index (χ1n) is 8.63. The number of ether oxygens (including phenoxy) is 1.